The first-order valence-corrected chi connectivity index (χ1v) is 17.2. The van der Waals surface area contributed by atoms with Gasteiger partial charge in [0.05, 0.1) is 16.4 Å². The SMILES string of the molecule is c1ccc(-c2cc3c4ccccc4n(-c4ccc(-c5nc6cc(-c7ccccc7)c7oc8ccccc8c7c6o5)cc4)c3c3ccccc23)cc1. The van der Waals surface area contributed by atoms with E-state index in [2.05, 4.69) is 138 Å². The van der Waals surface area contributed by atoms with E-state index in [9.17, 15) is 0 Å². The minimum atomic E-state index is 0.577. The van der Waals surface area contributed by atoms with Gasteiger partial charge >= 0.3 is 0 Å². The molecule has 0 spiro atoms. The van der Waals surface area contributed by atoms with Crippen LogP contribution in [0.5, 0.6) is 0 Å². The third-order valence-electron chi connectivity index (χ3n) is 10.2. The molecule has 0 unspecified atom stereocenters. The van der Waals surface area contributed by atoms with Crippen molar-refractivity contribution >= 4 is 65.6 Å². The van der Waals surface area contributed by atoms with Gasteiger partial charge in [0, 0.05) is 38.4 Å². The fourth-order valence-corrected chi connectivity index (χ4v) is 7.93. The molecule has 0 atom stereocenters. The van der Waals surface area contributed by atoms with Crippen molar-refractivity contribution in [3.63, 3.8) is 0 Å². The number of fused-ring (bicyclic) bond motifs is 10. The van der Waals surface area contributed by atoms with E-state index in [4.69, 9.17) is 13.8 Å². The van der Waals surface area contributed by atoms with Crippen molar-refractivity contribution in [3.8, 4) is 39.4 Å². The van der Waals surface area contributed by atoms with E-state index in [1.165, 1.54) is 43.7 Å². The Labute approximate surface area is 292 Å². The standard InChI is InChI=1S/C47H28N2O2/c1-3-13-29(14-4-1)37-27-39-34-18-9-11-21-41(34)49(44(39)35-19-8-7-17-33(35)37)32-25-23-31(24-26-32)47-48-40-28-38(30-15-5-2-6-16-30)45-43(46(40)51-47)36-20-10-12-22-42(36)50-45/h1-28H. The molecule has 0 saturated heterocycles. The molecule has 0 fully saturated rings. The summed E-state index contributed by atoms with van der Waals surface area (Å²) in [5.74, 6) is 0.577. The Morgan fingerprint density at radius 2 is 1.06 bits per heavy atom. The van der Waals surface area contributed by atoms with E-state index < -0.39 is 0 Å². The van der Waals surface area contributed by atoms with Crippen molar-refractivity contribution < 1.29 is 8.83 Å². The zero-order valence-corrected chi connectivity index (χ0v) is 27.4. The molecule has 3 aromatic heterocycles. The molecule has 51 heavy (non-hydrogen) atoms. The summed E-state index contributed by atoms with van der Waals surface area (Å²) in [4.78, 5) is 5.06. The highest BCUT2D eigenvalue weighted by Crippen LogP contribution is 2.44. The minimum Gasteiger partial charge on any atom is -0.455 e. The Hall–Kier alpha value is -6.91. The third kappa shape index (κ3) is 4.17. The van der Waals surface area contributed by atoms with Gasteiger partial charge in [0.15, 0.2) is 5.58 Å². The first-order valence-electron chi connectivity index (χ1n) is 17.2. The van der Waals surface area contributed by atoms with Crippen LogP contribution >= 0.6 is 0 Å². The third-order valence-corrected chi connectivity index (χ3v) is 10.2. The molecule has 8 aromatic carbocycles. The number of hydrogen-bond donors (Lipinski definition) is 0. The second-order valence-electron chi connectivity index (χ2n) is 13.1. The fourth-order valence-electron chi connectivity index (χ4n) is 7.93. The Balaban J connectivity index is 1.10. The van der Waals surface area contributed by atoms with E-state index in [0.717, 1.165) is 55.4 Å². The second-order valence-corrected chi connectivity index (χ2v) is 13.1. The van der Waals surface area contributed by atoms with E-state index >= 15 is 0 Å². The first kappa shape index (κ1) is 28.0. The van der Waals surface area contributed by atoms with Gasteiger partial charge in [0.2, 0.25) is 5.89 Å². The van der Waals surface area contributed by atoms with Gasteiger partial charge in [0.25, 0.3) is 0 Å². The average Bonchev–Trinajstić information content (AvgIpc) is 3.90. The smallest absolute Gasteiger partial charge is 0.227 e. The quantitative estimate of drug-likeness (QED) is 0.190. The maximum absolute atomic E-state index is 6.63. The maximum atomic E-state index is 6.63. The molecule has 11 aromatic rings. The molecule has 0 amide bonds. The van der Waals surface area contributed by atoms with Gasteiger partial charge in [0.1, 0.15) is 16.7 Å². The summed E-state index contributed by atoms with van der Waals surface area (Å²) in [5.41, 5.74) is 12.1. The summed E-state index contributed by atoms with van der Waals surface area (Å²) in [6.07, 6.45) is 0. The molecule has 0 aliphatic rings. The number of oxazole rings is 1. The van der Waals surface area contributed by atoms with Crippen LogP contribution < -0.4 is 0 Å². The normalized spacial score (nSPS) is 11.9. The van der Waals surface area contributed by atoms with Crippen LogP contribution in [0.25, 0.3) is 105 Å². The molecule has 0 aliphatic carbocycles. The van der Waals surface area contributed by atoms with Gasteiger partial charge in [-0.2, -0.15) is 0 Å². The lowest BCUT2D eigenvalue weighted by atomic mass is 9.95. The van der Waals surface area contributed by atoms with Crippen molar-refractivity contribution in [1.82, 2.24) is 9.55 Å². The minimum absolute atomic E-state index is 0.577. The van der Waals surface area contributed by atoms with Gasteiger partial charge in [-0.15, -0.1) is 0 Å². The largest absolute Gasteiger partial charge is 0.455 e. The van der Waals surface area contributed by atoms with Crippen LogP contribution in [0.1, 0.15) is 0 Å². The van der Waals surface area contributed by atoms with Gasteiger partial charge in [-0.25, -0.2) is 4.98 Å². The summed E-state index contributed by atoms with van der Waals surface area (Å²) in [5, 5.41) is 6.88. The number of nitrogens with zero attached hydrogens (tertiary/aromatic N) is 2. The second kappa shape index (κ2) is 10.8. The molecule has 11 rings (SSSR count). The number of furan rings is 1. The monoisotopic (exact) mass is 652 g/mol. The fraction of sp³-hybridized carbons (Fsp3) is 0. The highest BCUT2D eigenvalue weighted by atomic mass is 16.4. The number of benzene rings is 8. The molecule has 0 saturated carbocycles. The summed E-state index contributed by atoms with van der Waals surface area (Å²) >= 11 is 0. The van der Waals surface area contributed by atoms with E-state index in [1.54, 1.807) is 0 Å². The van der Waals surface area contributed by atoms with Crippen molar-refractivity contribution in [2.75, 3.05) is 0 Å². The molecular weight excluding hydrogens is 625 g/mol. The van der Waals surface area contributed by atoms with Crippen LogP contribution in [0.15, 0.2) is 179 Å². The van der Waals surface area contributed by atoms with Gasteiger partial charge < -0.3 is 13.4 Å². The van der Waals surface area contributed by atoms with Gasteiger partial charge in [-0.05, 0) is 70.6 Å². The molecule has 0 aliphatic heterocycles. The van der Waals surface area contributed by atoms with Gasteiger partial charge in [-0.3, -0.25) is 0 Å². The lowest BCUT2D eigenvalue weighted by Gasteiger charge is -2.13. The lowest BCUT2D eigenvalue weighted by molar-refractivity contribution is 0.622. The molecule has 3 heterocycles. The molecule has 0 bridgehead atoms. The lowest BCUT2D eigenvalue weighted by Crippen LogP contribution is -1.95. The predicted molar refractivity (Wildman–Crippen MR) is 209 cm³/mol. The molecule has 0 N–H and O–H groups in total. The Bertz CT molecular complexity index is 3110. The Morgan fingerprint density at radius 3 is 1.82 bits per heavy atom. The first-order chi connectivity index (χ1) is 25.3. The highest BCUT2D eigenvalue weighted by molar-refractivity contribution is 6.22. The van der Waals surface area contributed by atoms with Crippen molar-refractivity contribution in [2.24, 2.45) is 0 Å². The summed E-state index contributed by atoms with van der Waals surface area (Å²) in [6, 6.07) is 59.6. The number of hydrogen-bond acceptors (Lipinski definition) is 3. The maximum Gasteiger partial charge on any atom is 0.227 e. The molecule has 238 valence electrons. The van der Waals surface area contributed by atoms with Crippen molar-refractivity contribution in [3.05, 3.63) is 170 Å². The van der Waals surface area contributed by atoms with E-state index in [-0.39, 0.29) is 0 Å². The van der Waals surface area contributed by atoms with Crippen LogP contribution in [0, 0.1) is 0 Å². The summed E-state index contributed by atoms with van der Waals surface area (Å²) < 4.78 is 15.5. The Kier molecular flexibility index (Phi) is 5.92. The number of aromatic nitrogens is 2. The van der Waals surface area contributed by atoms with Crippen molar-refractivity contribution in [2.45, 2.75) is 0 Å². The van der Waals surface area contributed by atoms with Crippen LogP contribution in [-0.4, -0.2) is 9.55 Å². The highest BCUT2D eigenvalue weighted by Gasteiger charge is 2.22. The van der Waals surface area contributed by atoms with Crippen LogP contribution in [0.2, 0.25) is 0 Å². The van der Waals surface area contributed by atoms with Gasteiger partial charge in [-0.1, -0.05) is 121 Å². The van der Waals surface area contributed by atoms with Crippen LogP contribution in [-0.2, 0) is 0 Å². The Morgan fingerprint density at radius 1 is 0.431 bits per heavy atom. The van der Waals surface area contributed by atoms with Crippen LogP contribution in [0.4, 0.5) is 0 Å². The topological polar surface area (TPSA) is 44.1 Å². The van der Waals surface area contributed by atoms with Crippen molar-refractivity contribution in [1.29, 1.82) is 0 Å². The number of para-hydroxylation sites is 2. The molecule has 0 radical (unpaired) electrons. The molecule has 4 heteroatoms. The zero-order valence-electron chi connectivity index (χ0n) is 27.4. The average molecular weight is 653 g/mol. The van der Waals surface area contributed by atoms with E-state index in [1.807, 2.05) is 36.4 Å². The number of rotatable bonds is 4. The molecule has 4 nitrogen and oxygen atoms in total. The zero-order chi connectivity index (χ0) is 33.5. The summed E-state index contributed by atoms with van der Waals surface area (Å²) in [7, 11) is 0. The van der Waals surface area contributed by atoms with E-state index in [0.29, 0.717) is 5.89 Å². The summed E-state index contributed by atoms with van der Waals surface area (Å²) in [6.45, 7) is 0. The predicted octanol–water partition coefficient (Wildman–Crippen LogP) is 13.0. The van der Waals surface area contributed by atoms with Crippen LogP contribution in [0.3, 0.4) is 0 Å². The molecular formula is C47H28N2O2.